The Bertz CT molecular complexity index is 780. The fourth-order valence-corrected chi connectivity index (χ4v) is 3.23. The topological polar surface area (TPSA) is 16.9 Å². The summed E-state index contributed by atoms with van der Waals surface area (Å²) in [5, 5.41) is 0. The number of nitrogens with zero attached hydrogens (tertiary/aromatic N) is 1. The molecule has 0 unspecified atom stereocenters. The van der Waals surface area contributed by atoms with E-state index in [2.05, 4.69) is 4.74 Å². The molecule has 1 aliphatic heterocycles. The van der Waals surface area contributed by atoms with E-state index in [1.165, 1.54) is 23.1 Å². The van der Waals surface area contributed by atoms with Crippen molar-refractivity contribution in [2.75, 3.05) is 31.1 Å². The van der Waals surface area contributed by atoms with Crippen LogP contribution in [-0.2, 0) is 12.7 Å². The average molecular weight is 405 g/mol. The van der Waals surface area contributed by atoms with Crippen molar-refractivity contribution in [2.45, 2.75) is 19.1 Å². The lowest BCUT2D eigenvalue weighted by Gasteiger charge is -2.34. The van der Waals surface area contributed by atoms with Crippen molar-refractivity contribution < 1.29 is 36.0 Å². The van der Waals surface area contributed by atoms with Crippen molar-refractivity contribution in [1.82, 2.24) is 0 Å². The summed E-state index contributed by atoms with van der Waals surface area (Å²) in [5.74, 6) is -0.263. The normalized spacial score (nSPS) is 16.3. The molecule has 9 heteroatoms. The van der Waals surface area contributed by atoms with E-state index >= 15 is 0 Å². The van der Waals surface area contributed by atoms with Crippen molar-refractivity contribution in [3.8, 4) is 5.75 Å². The smallest absolute Gasteiger partial charge is 0.406 e. The van der Waals surface area contributed by atoms with Gasteiger partial charge in [0.2, 0.25) is 0 Å². The van der Waals surface area contributed by atoms with Gasteiger partial charge in [-0.3, -0.25) is 0 Å². The van der Waals surface area contributed by atoms with E-state index in [9.17, 15) is 26.3 Å². The SMILES string of the molecule is FC(F)(F)Oc1ccc(C[NH+]2CCN(c3cccc(C(F)(F)F)c3)CC2)cc1. The monoisotopic (exact) mass is 405 g/mol. The number of ether oxygens (including phenoxy) is 1. The molecule has 0 atom stereocenters. The highest BCUT2D eigenvalue weighted by molar-refractivity contribution is 5.49. The summed E-state index contributed by atoms with van der Waals surface area (Å²) in [5.41, 5.74) is 0.750. The lowest BCUT2D eigenvalue weighted by molar-refractivity contribution is -0.914. The van der Waals surface area contributed by atoms with E-state index in [0.29, 0.717) is 25.3 Å². The molecule has 1 aliphatic rings. The third-order valence-corrected chi connectivity index (χ3v) is 4.62. The molecule has 1 fully saturated rings. The first-order valence-electron chi connectivity index (χ1n) is 8.71. The molecule has 2 aromatic rings. The average Bonchev–Trinajstić information content (AvgIpc) is 2.62. The number of rotatable bonds is 4. The number of hydrogen-bond acceptors (Lipinski definition) is 2. The largest absolute Gasteiger partial charge is 0.573 e. The maximum atomic E-state index is 12.9. The number of alkyl halides is 6. The van der Waals surface area contributed by atoms with Gasteiger partial charge in [-0.2, -0.15) is 13.2 Å². The van der Waals surface area contributed by atoms with Gasteiger partial charge >= 0.3 is 12.5 Å². The van der Waals surface area contributed by atoms with Gasteiger partial charge in [-0.15, -0.1) is 13.2 Å². The maximum Gasteiger partial charge on any atom is 0.573 e. The van der Waals surface area contributed by atoms with E-state index in [1.807, 2.05) is 4.90 Å². The minimum Gasteiger partial charge on any atom is -0.406 e. The third kappa shape index (κ3) is 5.54. The van der Waals surface area contributed by atoms with E-state index in [-0.39, 0.29) is 5.75 Å². The Morgan fingerprint density at radius 2 is 1.54 bits per heavy atom. The van der Waals surface area contributed by atoms with Gasteiger partial charge in [0.1, 0.15) is 12.3 Å². The summed E-state index contributed by atoms with van der Waals surface area (Å²) >= 11 is 0. The Balaban J connectivity index is 1.54. The summed E-state index contributed by atoms with van der Waals surface area (Å²) in [6.45, 7) is 3.27. The first-order valence-corrected chi connectivity index (χ1v) is 8.71. The van der Waals surface area contributed by atoms with Gasteiger partial charge < -0.3 is 14.5 Å². The standard InChI is InChI=1S/C19H18F6N2O/c20-18(21,22)15-2-1-3-16(12-15)27-10-8-26(9-11-27)13-14-4-6-17(7-5-14)28-19(23,24)25/h1-7,12H,8-11,13H2/p+1. The zero-order chi connectivity index (χ0) is 20.4. The van der Waals surface area contributed by atoms with Gasteiger partial charge in [0.05, 0.1) is 31.7 Å². The van der Waals surface area contributed by atoms with E-state index < -0.39 is 18.1 Å². The van der Waals surface area contributed by atoms with E-state index in [0.717, 1.165) is 30.8 Å². The summed E-state index contributed by atoms with van der Waals surface area (Å²) < 4.78 is 79.0. The number of hydrogen-bond donors (Lipinski definition) is 1. The quantitative estimate of drug-likeness (QED) is 0.785. The molecular formula is C19H19F6N2O+. The van der Waals surface area contributed by atoms with Crippen LogP contribution < -0.4 is 14.5 Å². The Morgan fingerprint density at radius 1 is 0.893 bits per heavy atom. The molecule has 0 radical (unpaired) electrons. The van der Waals surface area contributed by atoms with Crippen LogP contribution in [0.1, 0.15) is 11.1 Å². The molecular weight excluding hydrogens is 386 g/mol. The second-order valence-corrected chi connectivity index (χ2v) is 6.65. The third-order valence-electron chi connectivity index (χ3n) is 4.62. The van der Waals surface area contributed by atoms with Crippen LogP contribution in [0.2, 0.25) is 0 Å². The molecule has 0 amide bonds. The molecule has 0 saturated carbocycles. The fraction of sp³-hybridized carbons (Fsp3) is 0.368. The van der Waals surface area contributed by atoms with Crippen LogP contribution in [0, 0.1) is 0 Å². The molecule has 1 saturated heterocycles. The Hall–Kier alpha value is -2.42. The van der Waals surface area contributed by atoms with Crippen LogP contribution in [0.4, 0.5) is 32.0 Å². The van der Waals surface area contributed by atoms with Gasteiger partial charge in [-0.1, -0.05) is 6.07 Å². The number of halogens is 6. The van der Waals surface area contributed by atoms with Crippen LogP contribution in [0.3, 0.4) is 0 Å². The zero-order valence-corrected chi connectivity index (χ0v) is 14.8. The molecule has 0 aromatic heterocycles. The molecule has 2 aromatic carbocycles. The minimum atomic E-state index is -4.72. The van der Waals surface area contributed by atoms with E-state index in [1.54, 1.807) is 18.2 Å². The number of nitrogens with one attached hydrogen (secondary N) is 1. The molecule has 3 rings (SSSR count). The van der Waals surface area contributed by atoms with Gasteiger partial charge in [-0.25, -0.2) is 0 Å². The van der Waals surface area contributed by atoms with Crippen LogP contribution in [-0.4, -0.2) is 32.5 Å². The summed E-state index contributed by atoms with van der Waals surface area (Å²) in [7, 11) is 0. The highest BCUT2D eigenvalue weighted by Crippen LogP contribution is 2.31. The molecule has 0 aliphatic carbocycles. The predicted molar refractivity (Wildman–Crippen MR) is 91.2 cm³/mol. The molecule has 1 N–H and O–H groups in total. The van der Waals surface area contributed by atoms with Gasteiger partial charge in [-0.05, 0) is 42.5 Å². The molecule has 152 valence electrons. The minimum absolute atomic E-state index is 0.263. The Labute approximate surface area is 158 Å². The zero-order valence-electron chi connectivity index (χ0n) is 14.8. The predicted octanol–water partition coefficient (Wildman–Crippen LogP) is 3.51. The Kier molecular flexibility index (Phi) is 5.74. The van der Waals surface area contributed by atoms with Gasteiger partial charge in [0, 0.05) is 11.3 Å². The maximum absolute atomic E-state index is 12.9. The molecule has 28 heavy (non-hydrogen) atoms. The van der Waals surface area contributed by atoms with Crippen LogP contribution in [0.5, 0.6) is 5.75 Å². The van der Waals surface area contributed by atoms with Crippen molar-refractivity contribution in [3.63, 3.8) is 0 Å². The number of benzene rings is 2. The highest BCUT2D eigenvalue weighted by atomic mass is 19.4. The lowest BCUT2D eigenvalue weighted by Crippen LogP contribution is -3.13. The first kappa shape index (κ1) is 20.3. The molecule has 0 bridgehead atoms. The van der Waals surface area contributed by atoms with Gasteiger partial charge in [0.15, 0.2) is 0 Å². The first-order chi connectivity index (χ1) is 13.1. The molecule has 1 heterocycles. The Morgan fingerprint density at radius 3 is 2.11 bits per heavy atom. The summed E-state index contributed by atoms with van der Waals surface area (Å²) in [6.07, 6.45) is -9.09. The van der Waals surface area contributed by atoms with Crippen LogP contribution >= 0.6 is 0 Å². The summed E-state index contributed by atoms with van der Waals surface area (Å²) in [6, 6.07) is 11.0. The van der Waals surface area contributed by atoms with E-state index in [4.69, 9.17) is 0 Å². The second kappa shape index (κ2) is 7.90. The van der Waals surface area contributed by atoms with Crippen LogP contribution in [0.25, 0.3) is 0 Å². The summed E-state index contributed by atoms with van der Waals surface area (Å²) in [4.78, 5) is 3.13. The number of piperazine rings is 1. The second-order valence-electron chi connectivity index (χ2n) is 6.65. The van der Waals surface area contributed by atoms with Crippen molar-refractivity contribution in [2.24, 2.45) is 0 Å². The van der Waals surface area contributed by atoms with Crippen molar-refractivity contribution in [3.05, 3.63) is 59.7 Å². The number of anilines is 1. The lowest BCUT2D eigenvalue weighted by atomic mass is 10.1. The molecule has 3 nitrogen and oxygen atoms in total. The fourth-order valence-electron chi connectivity index (χ4n) is 3.23. The van der Waals surface area contributed by atoms with Crippen molar-refractivity contribution in [1.29, 1.82) is 0 Å². The van der Waals surface area contributed by atoms with Gasteiger partial charge in [0.25, 0.3) is 0 Å². The van der Waals surface area contributed by atoms with Crippen LogP contribution in [0.15, 0.2) is 48.5 Å². The number of quaternary nitrogens is 1. The molecule has 0 spiro atoms. The van der Waals surface area contributed by atoms with Crippen molar-refractivity contribution >= 4 is 5.69 Å². The highest BCUT2D eigenvalue weighted by Gasteiger charge is 2.32.